The molecule has 1 aromatic rings. The van der Waals surface area contributed by atoms with Gasteiger partial charge in [-0.3, -0.25) is 0 Å². The third-order valence-corrected chi connectivity index (χ3v) is 4.17. The van der Waals surface area contributed by atoms with Gasteiger partial charge in [0.05, 0.1) is 10.8 Å². The predicted molar refractivity (Wildman–Crippen MR) is 65.4 cm³/mol. The first-order valence-electron chi connectivity index (χ1n) is 5.94. The molecule has 0 aliphatic heterocycles. The van der Waals surface area contributed by atoms with Crippen LogP contribution >= 0.6 is 0 Å². The Labute approximate surface area is 119 Å². The molecule has 5 nitrogen and oxygen atoms in total. The highest BCUT2D eigenvalue weighted by molar-refractivity contribution is 7.89. The monoisotopic (exact) mass is 324 g/mol. The number of benzene rings is 1. The van der Waals surface area contributed by atoms with Gasteiger partial charge in [0.1, 0.15) is 0 Å². The Hall–Kier alpha value is -1.61. The lowest BCUT2D eigenvalue weighted by Crippen LogP contribution is -2.37. The van der Waals surface area contributed by atoms with E-state index in [1.165, 1.54) is 24.3 Å². The van der Waals surface area contributed by atoms with E-state index in [1.54, 1.807) is 6.07 Å². The summed E-state index contributed by atoms with van der Waals surface area (Å²) in [6.07, 6.45) is -6.24. The van der Waals surface area contributed by atoms with E-state index in [2.05, 4.69) is 0 Å². The molecule has 0 spiro atoms. The standard InChI is InChI=1S/C12H14F3NO4S/c13-12(14,15)9(6-7-11(17)18)8-16-21(19,20)10-4-2-1-3-5-10/h1-5,9,16H,6-8H2,(H,17,18)/p-1/t9-/m1/s1. The van der Waals surface area contributed by atoms with Crippen LogP contribution < -0.4 is 9.83 Å². The van der Waals surface area contributed by atoms with Gasteiger partial charge >= 0.3 is 6.18 Å². The minimum absolute atomic E-state index is 0.161. The molecule has 9 heteroatoms. The van der Waals surface area contributed by atoms with Gasteiger partial charge in [0, 0.05) is 12.5 Å². The number of hydrogen-bond donors (Lipinski definition) is 1. The zero-order valence-corrected chi connectivity index (χ0v) is 11.6. The van der Waals surface area contributed by atoms with Gasteiger partial charge in [0.2, 0.25) is 10.0 Å². The fraction of sp³-hybridized carbons (Fsp3) is 0.417. The number of aliphatic carboxylic acids is 1. The number of carboxylic acid groups (broad SMARTS) is 1. The fourth-order valence-corrected chi connectivity index (χ4v) is 2.67. The zero-order chi connectivity index (χ0) is 16.1. The Morgan fingerprint density at radius 3 is 2.29 bits per heavy atom. The van der Waals surface area contributed by atoms with Crippen LogP contribution in [0.4, 0.5) is 13.2 Å². The number of carbonyl (C=O) groups is 1. The molecule has 0 aliphatic carbocycles. The van der Waals surface area contributed by atoms with E-state index in [-0.39, 0.29) is 4.90 Å². The summed E-state index contributed by atoms with van der Waals surface area (Å²) in [4.78, 5) is 10.1. The number of alkyl halides is 3. The molecule has 0 radical (unpaired) electrons. The highest BCUT2D eigenvalue weighted by Crippen LogP contribution is 2.29. The largest absolute Gasteiger partial charge is 0.550 e. The quantitative estimate of drug-likeness (QED) is 0.799. The molecule has 21 heavy (non-hydrogen) atoms. The summed E-state index contributed by atoms with van der Waals surface area (Å²) in [5.41, 5.74) is 0. The Balaban J connectivity index is 2.75. The summed E-state index contributed by atoms with van der Waals surface area (Å²) in [7, 11) is -4.07. The van der Waals surface area contributed by atoms with Crippen LogP contribution in [0.5, 0.6) is 0 Å². The van der Waals surface area contributed by atoms with Crippen molar-refractivity contribution in [3.05, 3.63) is 30.3 Å². The maximum atomic E-state index is 12.7. The predicted octanol–water partition coefficient (Wildman–Crippen LogP) is 0.674. The smallest absolute Gasteiger partial charge is 0.393 e. The van der Waals surface area contributed by atoms with Crippen LogP contribution in [0.3, 0.4) is 0 Å². The summed E-state index contributed by atoms with van der Waals surface area (Å²) >= 11 is 0. The molecule has 0 aliphatic rings. The van der Waals surface area contributed by atoms with E-state index in [4.69, 9.17) is 0 Å². The Bertz CT molecular complexity index is 572. The van der Waals surface area contributed by atoms with Gasteiger partial charge in [0.15, 0.2) is 0 Å². The molecule has 0 unspecified atom stereocenters. The molecular formula is C12H13F3NO4S-. The molecule has 0 fully saturated rings. The first kappa shape index (κ1) is 17.4. The number of sulfonamides is 1. The number of hydrogen-bond acceptors (Lipinski definition) is 4. The van der Waals surface area contributed by atoms with Gasteiger partial charge in [-0.15, -0.1) is 0 Å². The summed E-state index contributed by atoms with van der Waals surface area (Å²) in [6.45, 7) is -0.923. The molecule has 0 saturated carbocycles. The summed E-state index contributed by atoms with van der Waals surface area (Å²) in [6, 6.07) is 6.92. The van der Waals surface area contributed by atoms with E-state index in [9.17, 15) is 31.5 Å². The first-order valence-corrected chi connectivity index (χ1v) is 7.42. The van der Waals surface area contributed by atoms with Gasteiger partial charge in [0.25, 0.3) is 0 Å². The van der Waals surface area contributed by atoms with E-state index < -0.39 is 47.5 Å². The minimum atomic E-state index is -4.70. The van der Waals surface area contributed by atoms with Crippen molar-refractivity contribution in [3.8, 4) is 0 Å². The lowest BCUT2D eigenvalue weighted by Gasteiger charge is -2.20. The second-order valence-electron chi connectivity index (χ2n) is 4.31. The topological polar surface area (TPSA) is 86.3 Å². The highest BCUT2D eigenvalue weighted by atomic mass is 32.2. The second-order valence-corrected chi connectivity index (χ2v) is 6.08. The molecule has 0 amide bonds. The molecule has 1 rings (SSSR count). The summed E-state index contributed by atoms with van der Waals surface area (Å²) in [5.74, 6) is -3.70. The van der Waals surface area contributed by atoms with Gasteiger partial charge < -0.3 is 9.90 Å². The van der Waals surface area contributed by atoms with Crippen LogP contribution in [0.15, 0.2) is 35.2 Å². The van der Waals surface area contributed by atoms with Crippen LogP contribution in [0, 0.1) is 5.92 Å². The number of nitrogens with one attached hydrogen (secondary N) is 1. The molecule has 118 valence electrons. The minimum Gasteiger partial charge on any atom is -0.550 e. The molecule has 1 aromatic carbocycles. The summed E-state index contributed by atoms with van der Waals surface area (Å²) < 4.78 is 63.5. The van der Waals surface area contributed by atoms with Crippen molar-refractivity contribution in [2.45, 2.75) is 23.9 Å². The van der Waals surface area contributed by atoms with Gasteiger partial charge in [-0.2, -0.15) is 13.2 Å². The number of halogens is 3. The molecule has 0 bridgehead atoms. The molecule has 0 aromatic heterocycles. The van der Waals surface area contributed by atoms with E-state index in [1.807, 2.05) is 4.72 Å². The Morgan fingerprint density at radius 2 is 1.81 bits per heavy atom. The summed E-state index contributed by atoms with van der Waals surface area (Å²) in [5, 5.41) is 10.2. The average Bonchev–Trinajstić information content (AvgIpc) is 2.37. The first-order chi connectivity index (χ1) is 9.63. The number of carbonyl (C=O) groups excluding carboxylic acids is 1. The lowest BCUT2D eigenvalue weighted by atomic mass is 10.0. The SMILES string of the molecule is O=C([O-])CC[C@H](CNS(=O)(=O)c1ccccc1)C(F)(F)F. The third kappa shape index (κ3) is 5.72. The van der Waals surface area contributed by atoms with Crippen molar-refractivity contribution in [2.24, 2.45) is 5.92 Å². The van der Waals surface area contributed by atoms with E-state index >= 15 is 0 Å². The normalized spacial score (nSPS) is 13.9. The van der Waals surface area contributed by atoms with Crippen LogP contribution in [0.1, 0.15) is 12.8 Å². The second kappa shape index (κ2) is 6.90. The third-order valence-electron chi connectivity index (χ3n) is 2.73. The fourth-order valence-electron chi connectivity index (χ4n) is 1.57. The van der Waals surface area contributed by atoms with E-state index in [0.717, 1.165) is 0 Å². The molecule has 1 atom stereocenters. The molecule has 1 N–H and O–H groups in total. The lowest BCUT2D eigenvalue weighted by molar-refractivity contribution is -0.306. The van der Waals surface area contributed by atoms with Crippen molar-refractivity contribution in [3.63, 3.8) is 0 Å². The number of carboxylic acids is 1. The van der Waals surface area contributed by atoms with Crippen molar-refractivity contribution in [1.29, 1.82) is 0 Å². The van der Waals surface area contributed by atoms with Crippen LogP contribution in [0.2, 0.25) is 0 Å². The Kier molecular flexibility index (Phi) is 5.73. The molecular weight excluding hydrogens is 311 g/mol. The zero-order valence-electron chi connectivity index (χ0n) is 10.8. The average molecular weight is 324 g/mol. The van der Waals surface area contributed by atoms with Crippen LogP contribution in [-0.4, -0.2) is 27.1 Å². The maximum absolute atomic E-state index is 12.7. The maximum Gasteiger partial charge on any atom is 0.393 e. The highest BCUT2D eigenvalue weighted by Gasteiger charge is 2.39. The van der Waals surface area contributed by atoms with Crippen LogP contribution in [0.25, 0.3) is 0 Å². The molecule has 0 heterocycles. The molecule has 0 saturated heterocycles. The van der Waals surface area contributed by atoms with Crippen molar-refractivity contribution in [1.82, 2.24) is 4.72 Å². The Morgan fingerprint density at radius 1 is 1.24 bits per heavy atom. The van der Waals surface area contributed by atoms with Gasteiger partial charge in [-0.1, -0.05) is 18.2 Å². The van der Waals surface area contributed by atoms with Gasteiger partial charge in [-0.05, 0) is 25.0 Å². The van der Waals surface area contributed by atoms with Crippen LogP contribution in [-0.2, 0) is 14.8 Å². The number of rotatable bonds is 7. The van der Waals surface area contributed by atoms with Gasteiger partial charge in [-0.25, -0.2) is 13.1 Å². The van der Waals surface area contributed by atoms with E-state index in [0.29, 0.717) is 0 Å². The van der Waals surface area contributed by atoms with Crippen molar-refractivity contribution in [2.75, 3.05) is 6.54 Å². The van der Waals surface area contributed by atoms with Crippen molar-refractivity contribution < 1.29 is 31.5 Å². The van der Waals surface area contributed by atoms with Crippen molar-refractivity contribution >= 4 is 16.0 Å².